The lowest BCUT2D eigenvalue weighted by atomic mass is 9.88. The SMILES string of the molecule is Cc1cc(C2CCCN(C(=O)/C=C/c3ccc(C(F)(F)F)cc3)C2)ccc1C(=O)O. The molecule has 1 amide bonds. The number of alkyl halides is 3. The van der Waals surface area contributed by atoms with Gasteiger partial charge in [0, 0.05) is 25.1 Å². The summed E-state index contributed by atoms with van der Waals surface area (Å²) in [4.78, 5) is 25.5. The predicted octanol–water partition coefficient (Wildman–Crippen LogP) is 5.13. The van der Waals surface area contributed by atoms with Crippen molar-refractivity contribution in [2.45, 2.75) is 31.9 Å². The summed E-state index contributed by atoms with van der Waals surface area (Å²) in [5.41, 5.74) is 1.74. The number of hydrogen-bond donors (Lipinski definition) is 1. The molecule has 0 spiro atoms. The molecule has 30 heavy (non-hydrogen) atoms. The molecule has 0 aliphatic carbocycles. The second-order valence-corrected chi connectivity index (χ2v) is 7.46. The predicted molar refractivity (Wildman–Crippen MR) is 107 cm³/mol. The molecule has 4 nitrogen and oxygen atoms in total. The van der Waals surface area contributed by atoms with Crippen LogP contribution in [0.15, 0.2) is 48.5 Å². The van der Waals surface area contributed by atoms with Gasteiger partial charge in [-0.1, -0.05) is 24.3 Å². The van der Waals surface area contributed by atoms with E-state index in [0.717, 1.165) is 30.5 Å². The highest BCUT2D eigenvalue weighted by Gasteiger charge is 2.30. The van der Waals surface area contributed by atoms with Gasteiger partial charge in [-0.25, -0.2) is 4.79 Å². The molecule has 1 fully saturated rings. The zero-order chi connectivity index (χ0) is 21.9. The summed E-state index contributed by atoms with van der Waals surface area (Å²) >= 11 is 0. The Bertz CT molecular complexity index is 965. The van der Waals surface area contributed by atoms with Gasteiger partial charge in [0.15, 0.2) is 0 Å². The first-order valence-electron chi connectivity index (χ1n) is 9.63. The van der Waals surface area contributed by atoms with E-state index in [1.54, 1.807) is 24.0 Å². The van der Waals surface area contributed by atoms with Gasteiger partial charge < -0.3 is 10.0 Å². The van der Waals surface area contributed by atoms with Crippen molar-refractivity contribution in [3.8, 4) is 0 Å². The molecule has 1 unspecified atom stereocenters. The van der Waals surface area contributed by atoms with Gasteiger partial charge in [-0.3, -0.25) is 4.79 Å². The minimum Gasteiger partial charge on any atom is -0.478 e. The van der Waals surface area contributed by atoms with Crippen LogP contribution in [-0.2, 0) is 11.0 Å². The number of carbonyl (C=O) groups excluding carboxylic acids is 1. The number of aryl methyl sites for hydroxylation is 1. The van der Waals surface area contributed by atoms with Crippen molar-refractivity contribution in [1.82, 2.24) is 4.90 Å². The average molecular weight is 417 g/mol. The van der Waals surface area contributed by atoms with Crippen LogP contribution >= 0.6 is 0 Å². The molecular weight excluding hydrogens is 395 g/mol. The molecule has 1 aliphatic heterocycles. The molecule has 3 rings (SSSR count). The fourth-order valence-electron chi connectivity index (χ4n) is 3.69. The van der Waals surface area contributed by atoms with Gasteiger partial charge in [0.2, 0.25) is 5.91 Å². The van der Waals surface area contributed by atoms with E-state index < -0.39 is 17.7 Å². The Morgan fingerprint density at radius 1 is 1.13 bits per heavy atom. The number of hydrogen-bond acceptors (Lipinski definition) is 2. The lowest BCUT2D eigenvalue weighted by Gasteiger charge is -2.32. The van der Waals surface area contributed by atoms with E-state index in [0.29, 0.717) is 24.2 Å². The van der Waals surface area contributed by atoms with Gasteiger partial charge in [0.05, 0.1) is 11.1 Å². The minimum absolute atomic E-state index is 0.115. The molecule has 2 aromatic carbocycles. The number of carboxylic acids is 1. The van der Waals surface area contributed by atoms with Crippen molar-refractivity contribution in [2.24, 2.45) is 0 Å². The zero-order valence-electron chi connectivity index (χ0n) is 16.4. The molecule has 1 aliphatic rings. The van der Waals surface area contributed by atoms with Gasteiger partial charge in [0.1, 0.15) is 0 Å². The van der Waals surface area contributed by atoms with Crippen LogP contribution in [0.2, 0.25) is 0 Å². The topological polar surface area (TPSA) is 57.6 Å². The summed E-state index contributed by atoms with van der Waals surface area (Å²) in [6, 6.07) is 9.90. The van der Waals surface area contributed by atoms with Crippen LogP contribution in [0, 0.1) is 6.92 Å². The number of likely N-dealkylation sites (tertiary alicyclic amines) is 1. The van der Waals surface area contributed by atoms with E-state index in [1.165, 1.54) is 24.3 Å². The Morgan fingerprint density at radius 2 is 1.83 bits per heavy atom. The van der Waals surface area contributed by atoms with Crippen molar-refractivity contribution in [3.63, 3.8) is 0 Å². The standard InChI is InChI=1S/C23H22F3NO3/c1-15-13-17(7-10-20(15)22(29)30)18-3-2-12-27(14-18)21(28)11-6-16-4-8-19(9-5-16)23(24,25)26/h4-11,13,18H,2-3,12,14H2,1H3,(H,29,30)/b11-6+. The van der Waals surface area contributed by atoms with Crippen LogP contribution < -0.4 is 0 Å². The van der Waals surface area contributed by atoms with E-state index in [2.05, 4.69) is 0 Å². The van der Waals surface area contributed by atoms with Crippen LogP contribution in [0.1, 0.15) is 51.4 Å². The lowest BCUT2D eigenvalue weighted by Crippen LogP contribution is -2.38. The highest BCUT2D eigenvalue weighted by atomic mass is 19.4. The molecule has 0 aromatic heterocycles. The number of carbonyl (C=O) groups is 2. The normalized spacial score (nSPS) is 17.3. The Kier molecular flexibility index (Phi) is 6.29. The third kappa shape index (κ3) is 5.09. The number of carboxylic acid groups (broad SMARTS) is 1. The van der Waals surface area contributed by atoms with Crippen molar-refractivity contribution in [3.05, 3.63) is 76.4 Å². The van der Waals surface area contributed by atoms with Crippen LogP contribution in [0.25, 0.3) is 6.08 Å². The number of benzene rings is 2. The minimum atomic E-state index is -4.39. The molecule has 0 bridgehead atoms. The maximum absolute atomic E-state index is 12.6. The van der Waals surface area contributed by atoms with Crippen LogP contribution in [0.5, 0.6) is 0 Å². The van der Waals surface area contributed by atoms with Crippen LogP contribution in [0.4, 0.5) is 13.2 Å². The summed E-state index contributed by atoms with van der Waals surface area (Å²) in [7, 11) is 0. The first-order valence-corrected chi connectivity index (χ1v) is 9.63. The second kappa shape index (κ2) is 8.73. The monoisotopic (exact) mass is 417 g/mol. The maximum Gasteiger partial charge on any atom is 0.416 e. The summed E-state index contributed by atoms with van der Waals surface area (Å²) in [6.07, 6.45) is 0.228. The average Bonchev–Trinajstić information content (AvgIpc) is 2.71. The third-order valence-corrected chi connectivity index (χ3v) is 5.34. The molecule has 0 saturated carbocycles. The number of halogens is 3. The van der Waals surface area contributed by atoms with Gasteiger partial charge in [-0.05, 0) is 60.7 Å². The molecule has 158 valence electrons. The number of amides is 1. The quantitative estimate of drug-likeness (QED) is 0.702. The number of piperidine rings is 1. The fraction of sp³-hybridized carbons (Fsp3) is 0.304. The summed E-state index contributed by atoms with van der Waals surface area (Å²) in [6.45, 7) is 2.88. The zero-order valence-corrected chi connectivity index (χ0v) is 16.4. The van der Waals surface area contributed by atoms with Crippen molar-refractivity contribution in [2.75, 3.05) is 13.1 Å². The van der Waals surface area contributed by atoms with Crippen molar-refractivity contribution >= 4 is 18.0 Å². The highest BCUT2D eigenvalue weighted by Crippen LogP contribution is 2.30. The molecule has 2 aromatic rings. The Balaban J connectivity index is 1.66. The number of rotatable bonds is 4. The maximum atomic E-state index is 12.6. The molecule has 1 N–H and O–H groups in total. The van der Waals surface area contributed by atoms with E-state index in [4.69, 9.17) is 0 Å². The molecule has 7 heteroatoms. The smallest absolute Gasteiger partial charge is 0.416 e. The molecule has 1 heterocycles. The Hall–Kier alpha value is -3.09. The van der Waals surface area contributed by atoms with Crippen LogP contribution in [0.3, 0.4) is 0 Å². The van der Waals surface area contributed by atoms with E-state index >= 15 is 0 Å². The first-order chi connectivity index (χ1) is 14.1. The van der Waals surface area contributed by atoms with Gasteiger partial charge in [-0.15, -0.1) is 0 Å². The molecular formula is C23H22F3NO3. The van der Waals surface area contributed by atoms with Crippen molar-refractivity contribution < 1.29 is 27.9 Å². The van der Waals surface area contributed by atoms with Crippen molar-refractivity contribution in [1.29, 1.82) is 0 Å². The van der Waals surface area contributed by atoms with E-state index in [1.807, 2.05) is 6.07 Å². The van der Waals surface area contributed by atoms with E-state index in [9.17, 15) is 27.9 Å². The lowest BCUT2D eigenvalue weighted by molar-refractivity contribution is -0.137. The number of aromatic carboxylic acids is 1. The first kappa shape index (κ1) is 21.6. The third-order valence-electron chi connectivity index (χ3n) is 5.34. The largest absolute Gasteiger partial charge is 0.478 e. The summed E-state index contributed by atoms with van der Waals surface area (Å²) in [5.74, 6) is -1.05. The Labute approximate surface area is 172 Å². The molecule has 1 atom stereocenters. The van der Waals surface area contributed by atoms with Gasteiger partial charge in [-0.2, -0.15) is 13.2 Å². The van der Waals surface area contributed by atoms with E-state index in [-0.39, 0.29) is 17.4 Å². The fourth-order valence-corrected chi connectivity index (χ4v) is 3.69. The highest BCUT2D eigenvalue weighted by molar-refractivity contribution is 5.92. The van der Waals surface area contributed by atoms with Gasteiger partial charge >= 0.3 is 12.1 Å². The number of nitrogens with zero attached hydrogens (tertiary/aromatic N) is 1. The molecule has 0 radical (unpaired) electrons. The second-order valence-electron chi connectivity index (χ2n) is 7.46. The van der Waals surface area contributed by atoms with Crippen LogP contribution in [-0.4, -0.2) is 35.0 Å². The summed E-state index contributed by atoms with van der Waals surface area (Å²) < 4.78 is 37.9. The Morgan fingerprint density at radius 3 is 2.43 bits per heavy atom. The van der Waals surface area contributed by atoms with Gasteiger partial charge in [0.25, 0.3) is 0 Å². The summed E-state index contributed by atoms with van der Waals surface area (Å²) in [5, 5.41) is 9.17. The molecule has 1 saturated heterocycles.